The SMILES string of the molecule is CCCCCN(C)c1ccc([C@H](C)N)c(Br)c1. The Bertz CT molecular complexity index is 350. The van der Waals surface area contributed by atoms with Gasteiger partial charge < -0.3 is 10.6 Å². The van der Waals surface area contributed by atoms with Crippen LogP contribution in [0.4, 0.5) is 5.69 Å². The van der Waals surface area contributed by atoms with Gasteiger partial charge in [-0.2, -0.15) is 0 Å². The van der Waals surface area contributed by atoms with E-state index in [0.717, 1.165) is 16.6 Å². The van der Waals surface area contributed by atoms with Crippen LogP contribution in [0, 0.1) is 0 Å². The first-order valence-corrected chi connectivity index (χ1v) is 7.11. The molecule has 0 aromatic heterocycles. The normalized spacial score (nSPS) is 12.5. The molecule has 0 aliphatic carbocycles. The Balaban J connectivity index is 2.69. The van der Waals surface area contributed by atoms with Gasteiger partial charge in [-0.25, -0.2) is 0 Å². The fourth-order valence-corrected chi connectivity index (χ4v) is 2.58. The molecular formula is C14H23BrN2. The van der Waals surface area contributed by atoms with Crippen molar-refractivity contribution in [1.82, 2.24) is 0 Å². The number of anilines is 1. The third-order valence-electron chi connectivity index (χ3n) is 3.01. The van der Waals surface area contributed by atoms with Gasteiger partial charge in [-0.3, -0.25) is 0 Å². The fourth-order valence-electron chi connectivity index (χ4n) is 1.85. The highest BCUT2D eigenvalue weighted by Gasteiger charge is 2.07. The molecular weight excluding hydrogens is 276 g/mol. The lowest BCUT2D eigenvalue weighted by atomic mass is 10.1. The topological polar surface area (TPSA) is 29.3 Å². The van der Waals surface area contributed by atoms with Gasteiger partial charge in [-0.05, 0) is 31.0 Å². The number of nitrogens with two attached hydrogens (primary N) is 1. The van der Waals surface area contributed by atoms with Crippen LogP contribution in [-0.2, 0) is 0 Å². The number of unbranched alkanes of at least 4 members (excludes halogenated alkanes) is 2. The van der Waals surface area contributed by atoms with Crippen molar-refractivity contribution in [3.63, 3.8) is 0 Å². The molecule has 0 aliphatic rings. The number of rotatable bonds is 6. The molecule has 2 nitrogen and oxygen atoms in total. The van der Waals surface area contributed by atoms with Gasteiger partial charge in [0.1, 0.15) is 0 Å². The van der Waals surface area contributed by atoms with Gasteiger partial charge in [0.25, 0.3) is 0 Å². The van der Waals surface area contributed by atoms with Crippen molar-refractivity contribution < 1.29 is 0 Å². The van der Waals surface area contributed by atoms with Gasteiger partial charge in [0.05, 0.1) is 0 Å². The number of hydrogen-bond acceptors (Lipinski definition) is 2. The Morgan fingerprint density at radius 3 is 2.59 bits per heavy atom. The van der Waals surface area contributed by atoms with Gasteiger partial charge in [-0.1, -0.05) is 41.8 Å². The van der Waals surface area contributed by atoms with Crippen molar-refractivity contribution in [2.45, 2.75) is 39.2 Å². The van der Waals surface area contributed by atoms with E-state index in [1.165, 1.54) is 24.9 Å². The fraction of sp³-hybridized carbons (Fsp3) is 0.571. The minimum atomic E-state index is 0.0730. The second kappa shape index (κ2) is 7.02. The van der Waals surface area contributed by atoms with Crippen LogP contribution in [0.2, 0.25) is 0 Å². The summed E-state index contributed by atoms with van der Waals surface area (Å²) in [6.45, 7) is 5.34. The van der Waals surface area contributed by atoms with Gasteiger partial charge in [0.15, 0.2) is 0 Å². The molecule has 0 heterocycles. The molecule has 96 valence electrons. The van der Waals surface area contributed by atoms with Crippen LogP contribution < -0.4 is 10.6 Å². The van der Waals surface area contributed by atoms with Crippen LogP contribution in [0.25, 0.3) is 0 Å². The molecule has 3 heteroatoms. The third kappa shape index (κ3) is 4.32. The van der Waals surface area contributed by atoms with E-state index in [-0.39, 0.29) is 6.04 Å². The summed E-state index contributed by atoms with van der Waals surface area (Å²) in [6, 6.07) is 6.49. The van der Waals surface area contributed by atoms with Gasteiger partial charge in [0, 0.05) is 29.8 Å². The van der Waals surface area contributed by atoms with Crippen molar-refractivity contribution in [2.24, 2.45) is 5.73 Å². The van der Waals surface area contributed by atoms with Crippen molar-refractivity contribution in [1.29, 1.82) is 0 Å². The summed E-state index contributed by atoms with van der Waals surface area (Å²) in [4.78, 5) is 2.30. The summed E-state index contributed by atoms with van der Waals surface area (Å²) in [5.41, 5.74) is 8.31. The Morgan fingerprint density at radius 1 is 1.35 bits per heavy atom. The predicted molar refractivity (Wildman–Crippen MR) is 79.5 cm³/mol. The van der Waals surface area contributed by atoms with E-state index in [9.17, 15) is 0 Å². The summed E-state index contributed by atoms with van der Waals surface area (Å²) in [5, 5.41) is 0. The first-order chi connectivity index (χ1) is 8.06. The van der Waals surface area contributed by atoms with Gasteiger partial charge in [-0.15, -0.1) is 0 Å². The molecule has 1 atom stereocenters. The second-order valence-corrected chi connectivity index (χ2v) is 5.48. The van der Waals surface area contributed by atoms with Crippen LogP contribution in [-0.4, -0.2) is 13.6 Å². The molecule has 0 unspecified atom stereocenters. The smallest absolute Gasteiger partial charge is 0.0375 e. The second-order valence-electron chi connectivity index (χ2n) is 4.62. The summed E-state index contributed by atoms with van der Waals surface area (Å²) in [6.07, 6.45) is 3.81. The zero-order chi connectivity index (χ0) is 12.8. The Labute approximate surface area is 113 Å². The minimum absolute atomic E-state index is 0.0730. The Hall–Kier alpha value is -0.540. The lowest BCUT2D eigenvalue weighted by molar-refractivity contribution is 0.705. The maximum absolute atomic E-state index is 5.90. The van der Waals surface area contributed by atoms with E-state index in [1.54, 1.807) is 0 Å². The minimum Gasteiger partial charge on any atom is -0.375 e. The average molecular weight is 299 g/mol. The first kappa shape index (κ1) is 14.5. The van der Waals surface area contributed by atoms with Crippen LogP contribution in [0.5, 0.6) is 0 Å². The molecule has 0 saturated carbocycles. The van der Waals surface area contributed by atoms with E-state index in [1.807, 2.05) is 6.92 Å². The number of hydrogen-bond donors (Lipinski definition) is 1. The van der Waals surface area contributed by atoms with Crippen LogP contribution >= 0.6 is 15.9 Å². The summed E-state index contributed by atoms with van der Waals surface area (Å²) in [5.74, 6) is 0. The zero-order valence-electron chi connectivity index (χ0n) is 11.0. The predicted octanol–water partition coefficient (Wildman–Crippen LogP) is 4.10. The average Bonchev–Trinajstić information content (AvgIpc) is 2.28. The molecule has 0 saturated heterocycles. The van der Waals surface area contributed by atoms with Crippen LogP contribution in [0.1, 0.15) is 44.7 Å². The largest absolute Gasteiger partial charge is 0.375 e. The molecule has 0 radical (unpaired) electrons. The number of halogens is 1. The zero-order valence-corrected chi connectivity index (χ0v) is 12.6. The van der Waals surface area contributed by atoms with Crippen LogP contribution in [0.3, 0.4) is 0 Å². The maximum Gasteiger partial charge on any atom is 0.0375 e. The lowest BCUT2D eigenvalue weighted by Crippen LogP contribution is -2.18. The van der Waals surface area contributed by atoms with Gasteiger partial charge >= 0.3 is 0 Å². The van der Waals surface area contributed by atoms with Crippen molar-refractivity contribution >= 4 is 21.6 Å². The quantitative estimate of drug-likeness (QED) is 0.801. The maximum atomic E-state index is 5.90. The molecule has 0 bridgehead atoms. The number of nitrogens with zero attached hydrogens (tertiary/aromatic N) is 1. The van der Waals surface area contributed by atoms with E-state index in [4.69, 9.17) is 5.73 Å². The highest BCUT2D eigenvalue weighted by Crippen LogP contribution is 2.27. The number of benzene rings is 1. The molecule has 0 fully saturated rings. The molecule has 1 aromatic carbocycles. The van der Waals surface area contributed by atoms with E-state index >= 15 is 0 Å². The van der Waals surface area contributed by atoms with E-state index in [0.29, 0.717) is 0 Å². The Kier molecular flexibility index (Phi) is 6.00. The van der Waals surface area contributed by atoms with E-state index < -0.39 is 0 Å². The molecule has 2 N–H and O–H groups in total. The molecule has 17 heavy (non-hydrogen) atoms. The van der Waals surface area contributed by atoms with Crippen molar-refractivity contribution in [3.8, 4) is 0 Å². The summed E-state index contributed by atoms with van der Waals surface area (Å²) < 4.78 is 1.10. The van der Waals surface area contributed by atoms with E-state index in [2.05, 4.69) is 53.0 Å². The third-order valence-corrected chi connectivity index (χ3v) is 3.70. The van der Waals surface area contributed by atoms with Crippen molar-refractivity contribution in [3.05, 3.63) is 28.2 Å². The van der Waals surface area contributed by atoms with Gasteiger partial charge in [0.2, 0.25) is 0 Å². The highest BCUT2D eigenvalue weighted by molar-refractivity contribution is 9.10. The molecule has 0 aliphatic heterocycles. The summed E-state index contributed by atoms with van der Waals surface area (Å²) >= 11 is 3.59. The monoisotopic (exact) mass is 298 g/mol. The van der Waals surface area contributed by atoms with Crippen LogP contribution in [0.15, 0.2) is 22.7 Å². The summed E-state index contributed by atoms with van der Waals surface area (Å²) in [7, 11) is 2.14. The lowest BCUT2D eigenvalue weighted by Gasteiger charge is -2.20. The molecule has 0 spiro atoms. The first-order valence-electron chi connectivity index (χ1n) is 6.32. The molecule has 0 amide bonds. The molecule has 1 aromatic rings. The standard InChI is InChI=1S/C14H23BrN2/c1-4-5-6-9-17(3)12-7-8-13(11(2)16)14(15)10-12/h7-8,10-11H,4-6,9,16H2,1-3H3/t11-/m0/s1. The van der Waals surface area contributed by atoms with Crippen molar-refractivity contribution in [2.75, 3.05) is 18.5 Å². The Morgan fingerprint density at radius 2 is 2.06 bits per heavy atom. The molecule has 1 rings (SSSR count). The highest BCUT2D eigenvalue weighted by atomic mass is 79.9.